The van der Waals surface area contributed by atoms with Crippen LogP contribution in [0.2, 0.25) is 0 Å². The summed E-state index contributed by atoms with van der Waals surface area (Å²) < 4.78 is 18.2. The van der Waals surface area contributed by atoms with E-state index in [1.807, 2.05) is 47.0 Å². The maximum Gasteiger partial charge on any atom is 0.311 e. The Balaban J connectivity index is 1.86. The molecule has 2 aromatic carbocycles. The highest BCUT2D eigenvalue weighted by Gasteiger charge is 2.17. The van der Waals surface area contributed by atoms with Crippen LogP contribution >= 0.6 is 0 Å². The molecule has 4 rings (SSSR count). The Hall–Kier alpha value is -3.16. The van der Waals surface area contributed by atoms with Crippen molar-refractivity contribution in [1.29, 1.82) is 0 Å². The highest BCUT2D eigenvalue weighted by atomic mass is 16.5. The molecule has 1 fully saturated rings. The fourth-order valence-corrected chi connectivity index (χ4v) is 3.76. The molecule has 0 atom stereocenters. The van der Waals surface area contributed by atoms with E-state index in [9.17, 15) is 9.59 Å². The fraction of sp³-hybridized carbons (Fsp3) is 0.333. The number of carbonyl (C=O) groups excluding carboxylic acids is 1. The van der Waals surface area contributed by atoms with E-state index in [1.165, 1.54) is 0 Å². The van der Waals surface area contributed by atoms with Crippen LogP contribution in [0.5, 0.6) is 11.5 Å². The summed E-state index contributed by atoms with van der Waals surface area (Å²) in [7, 11) is 1.60. The number of benzene rings is 2. The number of esters is 1. The summed E-state index contributed by atoms with van der Waals surface area (Å²) in [4.78, 5) is 27.5. The van der Waals surface area contributed by atoms with Crippen LogP contribution in [0, 0.1) is 0 Å². The van der Waals surface area contributed by atoms with Gasteiger partial charge in [0.05, 0.1) is 43.1 Å². The lowest BCUT2D eigenvalue weighted by molar-refractivity contribution is -0.134. The van der Waals surface area contributed by atoms with Gasteiger partial charge in [0, 0.05) is 26.1 Å². The Bertz CT molecular complexity index is 1150. The van der Waals surface area contributed by atoms with E-state index in [2.05, 4.69) is 4.90 Å². The molecule has 1 saturated heterocycles. The van der Waals surface area contributed by atoms with Crippen molar-refractivity contribution in [3.63, 3.8) is 0 Å². The van der Waals surface area contributed by atoms with E-state index < -0.39 is 5.97 Å². The molecule has 0 radical (unpaired) electrons. The van der Waals surface area contributed by atoms with Gasteiger partial charge in [0.15, 0.2) is 5.75 Å². The SMILES string of the molecule is CCC(=O)Oc1cn(-c2ccccc2OC)c2ccc(CN3CCOCC3)cc2c1=O. The molecular formula is C24H26N2O5. The van der Waals surface area contributed by atoms with Gasteiger partial charge in [-0.3, -0.25) is 14.5 Å². The van der Waals surface area contributed by atoms with Crippen LogP contribution in [0.4, 0.5) is 0 Å². The highest BCUT2D eigenvalue weighted by molar-refractivity contribution is 5.84. The molecule has 0 saturated carbocycles. The number of pyridine rings is 1. The van der Waals surface area contributed by atoms with E-state index in [-0.39, 0.29) is 17.6 Å². The zero-order chi connectivity index (χ0) is 21.8. The smallest absolute Gasteiger partial charge is 0.311 e. The Kier molecular flexibility index (Phi) is 6.34. The molecule has 31 heavy (non-hydrogen) atoms. The van der Waals surface area contributed by atoms with Crippen LogP contribution in [0.3, 0.4) is 0 Å². The summed E-state index contributed by atoms with van der Waals surface area (Å²) in [5.74, 6) is 0.207. The molecule has 1 aliphatic rings. The molecule has 162 valence electrons. The Morgan fingerprint density at radius 2 is 1.87 bits per heavy atom. The molecule has 0 spiro atoms. The molecule has 2 heterocycles. The molecule has 0 amide bonds. The lowest BCUT2D eigenvalue weighted by Gasteiger charge is -2.26. The van der Waals surface area contributed by atoms with Crippen molar-refractivity contribution in [3.05, 3.63) is 64.4 Å². The monoisotopic (exact) mass is 422 g/mol. The molecule has 0 bridgehead atoms. The Morgan fingerprint density at radius 1 is 1.10 bits per heavy atom. The largest absolute Gasteiger partial charge is 0.495 e. The van der Waals surface area contributed by atoms with E-state index in [1.54, 1.807) is 20.2 Å². The van der Waals surface area contributed by atoms with Crippen LogP contribution in [0.25, 0.3) is 16.6 Å². The van der Waals surface area contributed by atoms with Gasteiger partial charge in [0.2, 0.25) is 5.43 Å². The lowest BCUT2D eigenvalue weighted by atomic mass is 10.1. The summed E-state index contributed by atoms with van der Waals surface area (Å²) in [6, 6.07) is 13.4. The van der Waals surface area contributed by atoms with Crippen LogP contribution in [0.1, 0.15) is 18.9 Å². The van der Waals surface area contributed by atoms with Crippen LogP contribution in [0.15, 0.2) is 53.5 Å². The number of hydrogen-bond acceptors (Lipinski definition) is 6. The van der Waals surface area contributed by atoms with Gasteiger partial charge in [0.1, 0.15) is 5.75 Å². The van der Waals surface area contributed by atoms with Gasteiger partial charge in [-0.2, -0.15) is 0 Å². The molecule has 1 aromatic heterocycles. The molecule has 0 unspecified atom stereocenters. The second-order valence-corrected chi connectivity index (χ2v) is 7.43. The highest BCUT2D eigenvalue weighted by Crippen LogP contribution is 2.28. The number of aromatic nitrogens is 1. The van der Waals surface area contributed by atoms with Crippen molar-refractivity contribution < 1.29 is 19.0 Å². The number of hydrogen-bond donors (Lipinski definition) is 0. The molecule has 0 aliphatic carbocycles. The molecule has 0 N–H and O–H groups in total. The first-order valence-electron chi connectivity index (χ1n) is 10.4. The number of ether oxygens (including phenoxy) is 3. The summed E-state index contributed by atoms with van der Waals surface area (Å²) >= 11 is 0. The van der Waals surface area contributed by atoms with Crippen LogP contribution in [-0.2, 0) is 16.1 Å². The second kappa shape index (κ2) is 9.32. The summed E-state index contributed by atoms with van der Waals surface area (Å²) in [6.45, 7) is 5.57. The zero-order valence-corrected chi connectivity index (χ0v) is 17.8. The van der Waals surface area contributed by atoms with Crippen molar-refractivity contribution in [2.45, 2.75) is 19.9 Å². The Morgan fingerprint density at radius 3 is 2.61 bits per heavy atom. The minimum absolute atomic E-state index is 0.00813. The minimum Gasteiger partial charge on any atom is -0.495 e. The van der Waals surface area contributed by atoms with Gasteiger partial charge >= 0.3 is 5.97 Å². The third-order valence-electron chi connectivity index (χ3n) is 5.40. The van der Waals surface area contributed by atoms with Gasteiger partial charge in [-0.25, -0.2) is 0 Å². The lowest BCUT2D eigenvalue weighted by Crippen LogP contribution is -2.35. The third kappa shape index (κ3) is 4.47. The maximum atomic E-state index is 13.2. The predicted molar refractivity (Wildman–Crippen MR) is 118 cm³/mol. The predicted octanol–water partition coefficient (Wildman–Crippen LogP) is 3.15. The summed E-state index contributed by atoms with van der Waals surface area (Å²) in [6.07, 6.45) is 1.75. The Labute approximate surface area is 180 Å². The molecule has 1 aliphatic heterocycles. The van der Waals surface area contributed by atoms with Gasteiger partial charge in [-0.05, 0) is 29.8 Å². The van der Waals surface area contributed by atoms with E-state index >= 15 is 0 Å². The number of carbonyl (C=O) groups is 1. The fourth-order valence-electron chi connectivity index (χ4n) is 3.76. The van der Waals surface area contributed by atoms with Crippen molar-refractivity contribution in [1.82, 2.24) is 9.47 Å². The molecule has 3 aromatic rings. The first-order valence-corrected chi connectivity index (χ1v) is 10.4. The maximum absolute atomic E-state index is 13.2. The molecule has 7 heteroatoms. The average molecular weight is 422 g/mol. The topological polar surface area (TPSA) is 70.0 Å². The summed E-state index contributed by atoms with van der Waals surface area (Å²) in [5.41, 5.74) is 2.20. The number of morpholine rings is 1. The van der Waals surface area contributed by atoms with Gasteiger partial charge in [-0.15, -0.1) is 0 Å². The molecule has 7 nitrogen and oxygen atoms in total. The summed E-state index contributed by atoms with van der Waals surface area (Å²) in [5, 5.41) is 0.498. The van der Waals surface area contributed by atoms with E-state index in [4.69, 9.17) is 14.2 Å². The van der Waals surface area contributed by atoms with Crippen LogP contribution in [-0.4, -0.2) is 48.8 Å². The van der Waals surface area contributed by atoms with Gasteiger partial charge in [-0.1, -0.05) is 25.1 Å². The number of methoxy groups -OCH3 is 1. The van der Waals surface area contributed by atoms with Crippen molar-refractivity contribution in [2.75, 3.05) is 33.4 Å². The first kappa shape index (κ1) is 21.1. The average Bonchev–Trinajstić information content (AvgIpc) is 2.81. The number of rotatable bonds is 6. The second-order valence-electron chi connectivity index (χ2n) is 7.43. The quantitative estimate of drug-likeness (QED) is 0.569. The third-order valence-corrected chi connectivity index (χ3v) is 5.40. The van der Waals surface area contributed by atoms with Gasteiger partial charge in [0.25, 0.3) is 0 Å². The van der Waals surface area contributed by atoms with Crippen molar-refractivity contribution in [2.24, 2.45) is 0 Å². The van der Waals surface area contributed by atoms with E-state index in [0.717, 1.165) is 36.4 Å². The molecular weight excluding hydrogens is 396 g/mol. The van der Waals surface area contributed by atoms with Crippen molar-refractivity contribution in [3.8, 4) is 17.2 Å². The number of nitrogens with zero attached hydrogens (tertiary/aromatic N) is 2. The van der Waals surface area contributed by atoms with Crippen molar-refractivity contribution >= 4 is 16.9 Å². The van der Waals surface area contributed by atoms with Gasteiger partial charge < -0.3 is 18.8 Å². The van der Waals surface area contributed by atoms with Crippen LogP contribution < -0.4 is 14.9 Å². The number of para-hydroxylation sites is 2. The number of fused-ring (bicyclic) bond motifs is 1. The standard InChI is InChI=1S/C24H26N2O5/c1-3-23(27)31-22-16-26(20-6-4-5-7-21(20)29-2)19-9-8-17(14-18(19)24(22)28)15-25-10-12-30-13-11-25/h4-9,14,16H,3,10-13,15H2,1-2H3. The minimum atomic E-state index is -0.451. The first-order chi connectivity index (χ1) is 15.1. The van der Waals surface area contributed by atoms with E-state index in [0.29, 0.717) is 24.3 Å². The zero-order valence-electron chi connectivity index (χ0n) is 17.8. The normalized spacial score (nSPS) is 14.5.